The van der Waals surface area contributed by atoms with Crippen LogP contribution in [0.5, 0.6) is 0 Å². The number of nitrogens with two attached hydrogens (primary N) is 1. The van der Waals surface area contributed by atoms with E-state index in [4.69, 9.17) is 18.0 Å². The maximum Gasteiger partial charge on any atom is 0.135 e. The maximum absolute atomic E-state index is 13.8. The van der Waals surface area contributed by atoms with Gasteiger partial charge in [-0.3, -0.25) is 0 Å². The van der Waals surface area contributed by atoms with Gasteiger partial charge in [0.1, 0.15) is 10.8 Å². The monoisotopic (exact) mass is 302 g/mol. The number of anilines is 2. The summed E-state index contributed by atoms with van der Waals surface area (Å²) >= 11 is 4.92. The fourth-order valence-electron chi connectivity index (χ4n) is 2.09. The Hall–Kier alpha value is -1.94. The molecule has 0 aromatic heterocycles. The molecule has 3 N–H and O–H groups in total. The molecule has 4 heteroatoms. The summed E-state index contributed by atoms with van der Waals surface area (Å²) in [6, 6.07) is 12.8. The zero-order valence-electron chi connectivity index (χ0n) is 12.4. The van der Waals surface area contributed by atoms with Gasteiger partial charge in [-0.1, -0.05) is 51.2 Å². The van der Waals surface area contributed by atoms with Crippen LogP contribution in [0.15, 0.2) is 42.5 Å². The van der Waals surface area contributed by atoms with Gasteiger partial charge in [0.05, 0.1) is 11.3 Å². The Morgan fingerprint density at radius 1 is 1.10 bits per heavy atom. The molecule has 0 aliphatic carbocycles. The topological polar surface area (TPSA) is 38.0 Å². The highest BCUT2D eigenvalue weighted by molar-refractivity contribution is 7.80. The minimum atomic E-state index is -0.418. The van der Waals surface area contributed by atoms with Crippen molar-refractivity contribution in [3.63, 3.8) is 0 Å². The van der Waals surface area contributed by atoms with E-state index in [0.29, 0.717) is 5.69 Å². The minimum Gasteiger partial charge on any atom is -0.389 e. The van der Waals surface area contributed by atoms with Gasteiger partial charge < -0.3 is 11.1 Å². The van der Waals surface area contributed by atoms with E-state index in [9.17, 15) is 4.39 Å². The number of rotatable bonds is 3. The lowest BCUT2D eigenvalue weighted by Gasteiger charge is -2.19. The van der Waals surface area contributed by atoms with E-state index in [1.165, 1.54) is 11.6 Å². The molecule has 0 aliphatic heterocycles. The van der Waals surface area contributed by atoms with Crippen LogP contribution < -0.4 is 11.1 Å². The van der Waals surface area contributed by atoms with Crippen LogP contribution in [0.2, 0.25) is 0 Å². The largest absolute Gasteiger partial charge is 0.389 e. The van der Waals surface area contributed by atoms with Crippen molar-refractivity contribution >= 4 is 28.6 Å². The van der Waals surface area contributed by atoms with E-state index >= 15 is 0 Å². The van der Waals surface area contributed by atoms with Gasteiger partial charge in [-0.25, -0.2) is 4.39 Å². The predicted molar refractivity (Wildman–Crippen MR) is 90.7 cm³/mol. The van der Waals surface area contributed by atoms with Crippen molar-refractivity contribution < 1.29 is 4.39 Å². The molecule has 0 atom stereocenters. The third-order valence-corrected chi connectivity index (χ3v) is 3.49. The molecule has 0 amide bonds. The third-order valence-electron chi connectivity index (χ3n) is 3.29. The van der Waals surface area contributed by atoms with Crippen LogP contribution in [0, 0.1) is 5.82 Å². The number of nitrogens with one attached hydrogen (secondary N) is 1. The molecule has 0 spiro atoms. The Morgan fingerprint density at radius 3 is 2.24 bits per heavy atom. The molecule has 0 aliphatic rings. The smallest absolute Gasteiger partial charge is 0.135 e. The van der Waals surface area contributed by atoms with Crippen molar-refractivity contribution in [2.24, 2.45) is 5.73 Å². The highest BCUT2D eigenvalue weighted by Crippen LogP contribution is 2.26. The van der Waals surface area contributed by atoms with Gasteiger partial charge in [0, 0.05) is 5.69 Å². The first kappa shape index (κ1) is 15.4. The van der Waals surface area contributed by atoms with Gasteiger partial charge in [0.25, 0.3) is 0 Å². The lowest BCUT2D eigenvalue weighted by molar-refractivity contribution is 0.590. The van der Waals surface area contributed by atoms with Gasteiger partial charge in [-0.15, -0.1) is 0 Å². The van der Waals surface area contributed by atoms with Gasteiger partial charge >= 0.3 is 0 Å². The number of thiocarbonyl (C=S) groups is 1. The van der Waals surface area contributed by atoms with Crippen molar-refractivity contribution in [3.8, 4) is 0 Å². The molecule has 110 valence electrons. The molecule has 2 rings (SSSR count). The summed E-state index contributed by atoms with van der Waals surface area (Å²) in [5, 5.41) is 3.17. The van der Waals surface area contributed by atoms with E-state index in [1.54, 1.807) is 12.1 Å². The molecule has 0 radical (unpaired) electrons. The maximum atomic E-state index is 13.8. The van der Waals surface area contributed by atoms with Crippen molar-refractivity contribution in [1.29, 1.82) is 0 Å². The van der Waals surface area contributed by atoms with Crippen molar-refractivity contribution in [3.05, 3.63) is 59.4 Å². The highest BCUT2D eigenvalue weighted by Gasteiger charge is 2.14. The van der Waals surface area contributed by atoms with Crippen molar-refractivity contribution in [2.45, 2.75) is 26.2 Å². The summed E-state index contributed by atoms with van der Waals surface area (Å²) in [6.45, 7) is 6.48. The second kappa shape index (κ2) is 5.82. The standard InChI is InChI=1S/C17H19FN2S/c1-17(2,3)11-7-9-12(10-8-11)20-14-6-4-5-13(18)15(14)16(19)21/h4-10,20H,1-3H3,(H2,19,21). The summed E-state index contributed by atoms with van der Waals surface area (Å²) in [5.74, 6) is -0.418. The average molecular weight is 302 g/mol. The summed E-state index contributed by atoms with van der Waals surface area (Å²) in [5.41, 5.74) is 8.62. The second-order valence-electron chi connectivity index (χ2n) is 5.98. The molecule has 2 nitrogen and oxygen atoms in total. The number of halogens is 1. The van der Waals surface area contributed by atoms with Gasteiger partial charge in [0.15, 0.2) is 0 Å². The Kier molecular flexibility index (Phi) is 4.28. The van der Waals surface area contributed by atoms with Crippen LogP contribution in [-0.2, 0) is 5.41 Å². The fourth-order valence-corrected chi connectivity index (χ4v) is 2.30. The van der Waals surface area contributed by atoms with Crippen molar-refractivity contribution in [2.75, 3.05) is 5.32 Å². The van der Waals surface area contributed by atoms with Crippen LogP contribution in [-0.4, -0.2) is 4.99 Å². The molecule has 0 saturated carbocycles. The second-order valence-corrected chi connectivity index (χ2v) is 6.42. The highest BCUT2D eigenvalue weighted by atomic mass is 32.1. The molecular formula is C17H19FN2S. The van der Waals surface area contributed by atoms with Crippen LogP contribution in [0.3, 0.4) is 0 Å². The zero-order valence-corrected chi connectivity index (χ0v) is 13.2. The fraction of sp³-hybridized carbons (Fsp3) is 0.235. The lowest BCUT2D eigenvalue weighted by Crippen LogP contribution is -2.14. The molecular weight excluding hydrogens is 283 g/mol. The zero-order chi connectivity index (χ0) is 15.6. The Balaban J connectivity index is 2.31. The van der Waals surface area contributed by atoms with E-state index in [-0.39, 0.29) is 16.0 Å². The van der Waals surface area contributed by atoms with Crippen LogP contribution in [0.1, 0.15) is 31.9 Å². The van der Waals surface area contributed by atoms with Crippen molar-refractivity contribution in [1.82, 2.24) is 0 Å². The Bertz CT molecular complexity index is 657. The van der Waals surface area contributed by atoms with Crippen LogP contribution in [0.4, 0.5) is 15.8 Å². The third kappa shape index (κ3) is 3.58. The molecule has 0 bridgehead atoms. The van der Waals surface area contributed by atoms with E-state index < -0.39 is 5.82 Å². The summed E-state index contributed by atoms with van der Waals surface area (Å²) < 4.78 is 13.8. The predicted octanol–water partition coefficient (Wildman–Crippen LogP) is 4.50. The van der Waals surface area contributed by atoms with E-state index in [1.807, 2.05) is 12.1 Å². The average Bonchev–Trinajstić information content (AvgIpc) is 2.38. The lowest BCUT2D eigenvalue weighted by atomic mass is 9.87. The first-order chi connectivity index (χ1) is 9.79. The normalized spacial score (nSPS) is 11.2. The molecule has 0 unspecified atom stereocenters. The van der Waals surface area contributed by atoms with Crippen LogP contribution >= 0.6 is 12.2 Å². The number of benzene rings is 2. The van der Waals surface area contributed by atoms with Crippen LogP contribution in [0.25, 0.3) is 0 Å². The van der Waals surface area contributed by atoms with Gasteiger partial charge in [-0.2, -0.15) is 0 Å². The Labute approximate surface area is 130 Å². The SMILES string of the molecule is CC(C)(C)c1ccc(Nc2cccc(F)c2C(N)=S)cc1. The molecule has 2 aromatic rings. The quantitative estimate of drug-likeness (QED) is 0.820. The molecule has 0 saturated heterocycles. The number of hydrogen-bond donors (Lipinski definition) is 2. The molecule has 2 aromatic carbocycles. The molecule has 0 heterocycles. The first-order valence-corrected chi connectivity index (χ1v) is 7.16. The summed E-state index contributed by atoms with van der Waals surface area (Å²) in [4.78, 5) is 0.0434. The first-order valence-electron chi connectivity index (χ1n) is 6.75. The number of hydrogen-bond acceptors (Lipinski definition) is 2. The minimum absolute atomic E-state index is 0.0434. The molecule has 0 fully saturated rings. The van der Waals surface area contributed by atoms with E-state index in [2.05, 4.69) is 38.2 Å². The van der Waals surface area contributed by atoms with Gasteiger partial charge in [0.2, 0.25) is 0 Å². The summed E-state index contributed by atoms with van der Waals surface area (Å²) in [6.07, 6.45) is 0. The molecule has 21 heavy (non-hydrogen) atoms. The summed E-state index contributed by atoms with van der Waals surface area (Å²) in [7, 11) is 0. The Morgan fingerprint density at radius 2 is 1.71 bits per heavy atom. The van der Waals surface area contributed by atoms with E-state index in [0.717, 1.165) is 5.69 Å². The van der Waals surface area contributed by atoms with Gasteiger partial charge in [-0.05, 0) is 35.2 Å².